The Bertz CT molecular complexity index is 421. The zero-order chi connectivity index (χ0) is 13.2. The van der Waals surface area contributed by atoms with Crippen LogP contribution in [0.3, 0.4) is 0 Å². The Morgan fingerprint density at radius 3 is 2.68 bits per heavy atom. The number of hydrogen-bond acceptors (Lipinski definition) is 2. The van der Waals surface area contributed by atoms with Crippen LogP contribution < -0.4 is 10.1 Å². The molecule has 3 atom stereocenters. The second kappa shape index (κ2) is 5.54. The summed E-state index contributed by atoms with van der Waals surface area (Å²) < 4.78 is 5.57. The summed E-state index contributed by atoms with van der Waals surface area (Å²) in [5.74, 6) is 3.83. The molecular formula is C17H25NO. The fourth-order valence-electron chi connectivity index (χ4n) is 4.05. The lowest BCUT2D eigenvalue weighted by molar-refractivity contribution is 0.374. The molecule has 2 saturated carbocycles. The second-order valence-electron chi connectivity index (χ2n) is 6.01. The maximum atomic E-state index is 5.57. The van der Waals surface area contributed by atoms with Gasteiger partial charge in [0.1, 0.15) is 5.75 Å². The van der Waals surface area contributed by atoms with Crippen molar-refractivity contribution in [2.45, 2.75) is 38.6 Å². The molecule has 2 heteroatoms. The first-order valence-electron chi connectivity index (χ1n) is 7.73. The summed E-state index contributed by atoms with van der Waals surface area (Å²) in [7, 11) is 1.78. The molecule has 0 heterocycles. The SMILES string of the molecule is CCCNC(c1ccccc1OC)C1C2CCCC21. The van der Waals surface area contributed by atoms with Gasteiger partial charge in [0.25, 0.3) is 0 Å². The third-order valence-corrected chi connectivity index (χ3v) is 4.95. The number of hydrogen-bond donors (Lipinski definition) is 1. The number of rotatable bonds is 6. The molecule has 1 aromatic rings. The van der Waals surface area contributed by atoms with Crippen LogP contribution in [0, 0.1) is 17.8 Å². The van der Waals surface area contributed by atoms with Crippen LogP contribution in [0.5, 0.6) is 5.75 Å². The zero-order valence-electron chi connectivity index (χ0n) is 12.1. The van der Waals surface area contributed by atoms with E-state index in [1.54, 1.807) is 7.11 Å². The molecule has 2 aliphatic carbocycles. The summed E-state index contributed by atoms with van der Waals surface area (Å²) in [6, 6.07) is 9.02. The second-order valence-corrected chi connectivity index (χ2v) is 6.01. The lowest BCUT2D eigenvalue weighted by Crippen LogP contribution is -2.26. The minimum atomic E-state index is 0.492. The predicted molar refractivity (Wildman–Crippen MR) is 78.3 cm³/mol. The van der Waals surface area contributed by atoms with Crippen molar-refractivity contribution >= 4 is 0 Å². The summed E-state index contributed by atoms with van der Waals surface area (Å²) in [6.45, 7) is 3.33. The summed E-state index contributed by atoms with van der Waals surface area (Å²) >= 11 is 0. The van der Waals surface area contributed by atoms with Crippen LogP contribution in [0.2, 0.25) is 0 Å². The Balaban J connectivity index is 1.82. The van der Waals surface area contributed by atoms with Crippen molar-refractivity contribution in [2.24, 2.45) is 17.8 Å². The zero-order valence-corrected chi connectivity index (χ0v) is 12.1. The molecule has 0 radical (unpaired) electrons. The average molecular weight is 259 g/mol. The molecule has 0 amide bonds. The van der Waals surface area contributed by atoms with Crippen LogP contribution in [-0.4, -0.2) is 13.7 Å². The van der Waals surface area contributed by atoms with Crippen LogP contribution in [0.4, 0.5) is 0 Å². The molecule has 104 valence electrons. The lowest BCUT2D eigenvalue weighted by atomic mass is 9.96. The molecule has 3 rings (SSSR count). The van der Waals surface area contributed by atoms with Gasteiger partial charge < -0.3 is 10.1 Å². The molecule has 0 saturated heterocycles. The average Bonchev–Trinajstić information content (AvgIpc) is 2.92. The van der Waals surface area contributed by atoms with Gasteiger partial charge in [0.2, 0.25) is 0 Å². The number of fused-ring (bicyclic) bond motifs is 1. The highest BCUT2D eigenvalue weighted by molar-refractivity contribution is 5.37. The van der Waals surface area contributed by atoms with E-state index < -0.39 is 0 Å². The first kappa shape index (κ1) is 13.0. The topological polar surface area (TPSA) is 21.3 Å². The van der Waals surface area contributed by atoms with E-state index in [4.69, 9.17) is 4.74 Å². The van der Waals surface area contributed by atoms with Crippen LogP contribution >= 0.6 is 0 Å². The molecule has 0 aromatic heterocycles. The number of benzene rings is 1. The maximum Gasteiger partial charge on any atom is 0.123 e. The predicted octanol–water partition coefficient (Wildman–Crippen LogP) is 3.78. The molecule has 2 fully saturated rings. The van der Waals surface area contributed by atoms with Crippen LogP contribution in [0.25, 0.3) is 0 Å². The smallest absolute Gasteiger partial charge is 0.123 e. The van der Waals surface area contributed by atoms with E-state index in [1.807, 2.05) is 0 Å². The number of methoxy groups -OCH3 is 1. The third kappa shape index (κ3) is 2.38. The fourth-order valence-corrected chi connectivity index (χ4v) is 4.05. The number of para-hydroxylation sites is 1. The first-order chi connectivity index (χ1) is 9.36. The molecule has 0 spiro atoms. The molecular weight excluding hydrogens is 234 g/mol. The Hall–Kier alpha value is -1.02. The van der Waals surface area contributed by atoms with Crippen molar-refractivity contribution in [3.63, 3.8) is 0 Å². The molecule has 0 bridgehead atoms. The standard InChI is InChI=1S/C17H25NO/c1-3-11-18-17(16-12-8-6-9-13(12)16)14-7-4-5-10-15(14)19-2/h4-5,7,10,12-13,16-18H,3,6,8-9,11H2,1-2H3. The molecule has 2 aliphatic rings. The van der Waals surface area contributed by atoms with Gasteiger partial charge in [-0.2, -0.15) is 0 Å². The Kier molecular flexibility index (Phi) is 3.79. The minimum absolute atomic E-state index is 0.492. The molecule has 1 N–H and O–H groups in total. The summed E-state index contributed by atoms with van der Waals surface area (Å²) in [5.41, 5.74) is 1.36. The van der Waals surface area contributed by atoms with Gasteiger partial charge in [-0.05, 0) is 49.6 Å². The van der Waals surface area contributed by atoms with E-state index in [0.717, 1.165) is 30.0 Å². The number of ether oxygens (including phenoxy) is 1. The Labute approximate surface area is 116 Å². The normalized spacial score (nSPS) is 29.9. The molecule has 0 aliphatic heterocycles. The van der Waals surface area contributed by atoms with Gasteiger partial charge in [-0.25, -0.2) is 0 Å². The van der Waals surface area contributed by atoms with E-state index in [9.17, 15) is 0 Å². The van der Waals surface area contributed by atoms with Crippen molar-refractivity contribution in [1.29, 1.82) is 0 Å². The number of nitrogens with one attached hydrogen (secondary N) is 1. The van der Waals surface area contributed by atoms with Crippen molar-refractivity contribution in [2.75, 3.05) is 13.7 Å². The Morgan fingerprint density at radius 1 is 1.26 bits per heavy atom. The van der Waals surface area contributed by atoms with E-state index >= 15 is 0 Å². The minimum Gasteiger partial charge on any atom is -0.496 e. The van der Waals surface area contributed by atoms with E-state index in [0.29, 0.717) is 6.04 Å². The lowest BCUT2D eigenvalue weighted by Gasteiger charge is -2.23. The van der Waals surface area contributed by atoms with Gasteiger partial charge in [-0.15, -0.1) is 0 Å². The molecule has 19 heavy (non-hydrogen) atoms. The van der Waals surface area contributed by atoms with Gasteiger partial charge in [-0.3, -0.25) is 0 Å². The van der Waals surface area contributed by atoms with Crippen LogP contribution in [0.15, 0.2) is 24.3 Å². The van der Waals surface area contributed by atoms with Gasteiger partial charge in [0.15, 0.2) is 0 Å². The molecule has 3 unspecified atom stereocenters. The summed E-state index contributed by atoms with van der Waals surface area (Å²) in [4.78, 5) is 0. The van der Waals surface area contributed by atoms with Crippen molar-refractivity contribution < 1.29 is 4.74 Å². The first-order valence-corrected chi connectivity index (χ1v) is 7.73. The van der Waals surface area contributed by atoms with Crippen molar-refractivity contribution in [1.82, 2.24) is 5.32 Å². The highest BCUT2D eigenvalue weighted by Gasteiger charge is 2.56. The fraction of sp³-hybridized carbons (Fsp3) is 0.647. The largest absolute Gasteiger partial charge is 0.496 e. The quantitative estimate of drug-likeness (QED) is 0.839. The monoisotopic (exact) mass is 259 g/mol. The van der Waals surface area contributed by atoms with Gasteiger partial charge in [0, 0.05) is 11.6 Å². The van der Waals surface area contributed by atoms with E-state index in [1.165, 1.54) is 31.2 Å². The van der Waals surface area contributed by atoms with Gasteiger partial charge in [0.05, 0.1) is 7.11 Å². The van der Waals surface area contributed by atoms with Gasteiger partial charge >= 0.3 is 0 Å². The maximum absolute atomic E-state index is 5.57. The molecule has 2 nitrogen and oxygen atoms in total. The van der Waals surface area contributed by atoms with Crippen LogP contribution in [-0.2, 0) is 0 Å². The third-order valence-electron chi connectivity index (χ3n) is 4.95. The summed E-state index contributed by atoms with van der Waals surface area (Å²) in [5, 5.41) is 3.77. The van der Waals surface area contributed by atoms with E-state index in [-0.39, 0.29) is 0 Å². The molecule has 1 aromatic carbocycles. The van der Waals surface area contributed by atoms with Crippen molar-refractivity contribution in [3.8, 4) is 5.75 Å². The highest BCUT2D eigenvalue weighted by Crippen LogP contribution is 2.62. The summed E-state index contributed by atoms with van der Waals surface area (Å²) in [6.07, 6.45) is 5.51. The van der Waals surface area contributed by atoms with Crippen LogP contribution in [0.1, 0.15) is 44.2 Å². The van der Waals surface area contributed by atoms with E-state index in [2.05, 4.69) is 36.5 Å². The highest BCUT2D eigenvalue weighted by atomic mass is 16.5. The van der Waals surface area contributed by atoms with Gasteiger partial charge in [-0.1, -0.05) is 31.5 Å². The van der Waals surface area contributed by atoms with Crippen molar-refractivity contribution in [3.05, 3.63) is 29.8 Å². The Morgan fingerprint density at radius 2 is 2.00 bits per heavy atom.